The fourth-order valence-corrected chi connectivity index (χ4v) is 5.03. The molecule has 0 aromatic rings. The third-order valence-electron chi connectivity index (χ3n) is 4.48. The molecule has 1 saturated carbocycles. The van der Waals surface area contributed by atoms with Gasteiger partial charge in [-0.15, -0.1) is 0 Å². The first-order valence-electron chi connectivity index (χ1n) is 9.31. The fourth-order valence-electron chi connectivity index (χ4n) is 3.38. The minimum Gasteiger partial charge on any atom is -0.465 e. The highest BCUT2D eigenvalue weighted by Crippen LogP contribution is 2.43. The Morgan fingerprint density at radius 2 is 1.56 bits per heavy atom. The average molecular weight is 422 g/mol. The zero-order valence-corrected chi connectivity index (χ0v) is 17.7. The van der Waals surface area contributed by atoms with E-state index in [-0.39, 0.29) is 12.1 Å². The topological polar surface area (TPSA) is 113 Å². The molecule has 1 aliphatic carbocycles. The van der Waals surface area contributed by atoms with E-state index in [0.717, 1.165) is 12.2 Å². The van der Waals surface area contributed by atoms with Crippen LogP contribution in [0.2, 0.25) is 0 Å². The van der Waals surface area contributed by atoms with E-state index in [1.165, 1.54) is 44.9 Å². The van der Waals surface area contributed by atoms with Crippen molar-refractivity contribution in [1.29, 1.82) is 0 Å². The molecule has 0 radical (unpaired) electrons. The van der Waals surface area contributed by atoms with E-state index in [0.29, 0.717) is 30.8 Å². The lowest BCUT2D eigenvalue weighted by molar-refractivity contribution is -0.191. The Kier molecular flexibility index (Phi) is 16.2. The Bertz CT molecular complexity index is 444. The van der Waals surface area contributed by atoms with E-state index >= 15 is 0 Å². The second kappa shape index (κ2) is 17.0. The van der Waals surface area contributed by atoms with Gasteiger partial charge in [0.15, 0.2) is 0 Å². The quantitative estimate of drug-likeness (QED) is 0.286. The van der Waals surface area contributed by atoms with Gasteiger partial charge in [0, 0.05) is 17.9 Å². The van der Waals surface area contributed by atoms with Crippen LogP contribution in [-0.4, -0.2) is 42.9 Å². The maximum Gasteiger partial charge on any atom is 0.404 e. The number of carbonyl (C=O) groups excluding carboxylic acids is 4. The largest absolute Gasteiger partial charge is 0.465 e. The number of carbonyl (C=O) groups is 2. The average Bonchev–Trinajstić information content (AvgIpc) is 2.64. The Morgan fingerprint density at radius 1 is 1.00 bits per heavy atom. The predicted molar refractivity (Wildman–Crippen MR) is 106 cm³/mol. The van der Waals surface area contributed by atoms with Crippen molar-refractivity contribution in [2.45, 2.75) is 64.7 Å². The van der Waals surface area contributed by atoms with Crippen LogP contribution in [0, 0.1) is 5.41 Å². The van der Waals surface area contributed by atoms with Crippen LogP contribution in [0.5, 0.6) is 0 Å². The zero-order chi connectivity index (χ0) is 20.4. The third-order valence-corrected chi connectivity index (χ3v) is 6.81. The van der Waals surface area contributed by atoms with Crippen molar-refractivity contribution in [2.75, 3.05) is 24.7 Å². The van der Waals surface area contributed by atoms with Crippen LogP contribution >= 0.6 is 21.6 Å². The summed E-state index contributed by atoms with van der Waals surface area (Å²) in [5.74, 6) is 1.35. The first-order chi connectivity index (χ1) is 13.0. The lowest BCUT2D eigenvalue weighted by Crippen LogP contribution is -2.25. The molecule has 7 nitrogen and oxygen atoms in total. The fraction of sp³-hybridized carbons (Fsp3) is 0.833. The van der Waals surface area contributed by atoms with E-state index in [4.69, 9.17) is 20.1 Å². The second-order valence-electron chi connectivity index (χ2n) is 6.43. The SMILES string of the molecule is CCCC1(CCC(=O)OCCSSCCOC(N)=O)CCCCC1.O=C=O. The molecule has 0 bridgehead atoms. The zero-order valence-electron chi connectivity index (χ0n) is 16.0. The molecule has 0 unspecified atom stereocenters. The maximum atomic E-state index is 11.9. The van der Waals surface area contributed by atoms with Gasteiger partial charge in [-0.3, -0.25) is 4.79 Å². The summed E-state index contributed by atoms with van der Waals surface area (Å²) < 4.78 is 9.95. The number of hydrogen-bond donors (Lipinski definition) is 1. The van der Waals surface area contributed by atoms with Gasteiger partial charge in [-0.05, 0) is 31.1 Å². The number of amides is 1. The van der Waals surface area contributed by atoms with Crippen LogP contribution in [0.3, 0.4) is 0 Å². The molecule has 0 aromatic carbocycles. The Labute approximate surface area is 169 Å². The molecular weight excluding hydrogens is 390 g/mol. The van der Waals surface area contributed by atoms with E-state index < -0.39 is 6.09 Å². The highest BCUT2D eigenvalue weighted by molar-refractivity contribution is 8.76. The van der Waals surface area contributed by atoms with Crippen molar-refractivity contribution in [1.82, 2.24) is 0 Å². The van der Waals surface area contributed by atoms with Crippen molar-refractivity contribution in [3.63, 3.8) is 0 Å². The Hall–Kier alpha value is -1.18. The van der Waals surface area contributed by atoms with Gasteiger partial charge in [-0.2, -0.15) is 9.59 Å². The van der Waals surface area contributed by atoms with Crippen LogP contribution in [-0.2, 0) is 23.9 Å². The molecule has 1 rings (SSSR count). The Balaban J connectivity index is 0.00000210. The molecular formula is C18H31NO6S2. The molecule has 0 heterocycles. The molecule has 1 amide bonds. The highest BCUT2D eigenvalue weighted by atomic mass is 33.1. The summed E-state index contributed by atoms with van der Waals surface area (Å²) in [6, 6.07) is 0. The van der Waals surface area contributed by atoms with Gasteiger partial charge in [-0.1, -0.05) is 54.2 Å². The molecule has 0 spiro atoms. The summed E-state index contributed by atoms with van der Waals surface area (Å²) in [6.45, 7) is 2.98. The van der Waals surface area contributed by atoms with Crippen molar-refractivity contribution in [3.8, 4) is 0 Å². The maximum absolute atomic E-state index is 11.9. The van der Waals surface area contributed by atoms with Crippen LogP contribution < -0.4 is 5.73 Å². The van der Waals surface area contributed by atoms with Crippen LogP contribution in [0.1, 0.15) is 64.7 Å². The molecule has 1 fully saturated rings. The summed E-state index contributed by atoms with van der Waals surface area (Å²) in [5, 5.41) is 0. The standard InChI is InChI=1S/C17H31NO4S2.CO2/c1-2-7-17(8-4-3-5-9-17)10-6-15(19)21-11-13-23-24-14-12-22-16(18)20;2-1-3/h2-14H2,1H3,(H2,18,20);. The predicted octanol–water partition coefficient (Wildman–Crippen LogP) is 3.95. The summed E-state index contributed by atoms with van der Waals surface area (Å²) in [7, 11) is 3.19. The molecule has 9 heteroatoms. The highest BCUT2D eigenvalue weighted by Gasteiger charge is 2.31. The normalized spacial score (nSPS) is 15.0. The van der Waals surface area contributed by atoms with Gasteiger partial charge in [0.1, 0.15) is 13.2 Å². The summed E-state index contributed by atoms with van der Waals surface area (Å²) in [4.78, 5) is 38.6. The van der Waals surface area contributed by atoms with Crippen LogP contribution in [0.4, 0.5) is 4.79 Å². The summed E-state index contributed by atoms with van der Waals surface area (Å²) in [6.07, 6.45) is 9.97. The van der Waals surface area contributed by atoms with E-state index in [1.54, 1.807) is 21.6 Å². The molecule has 1 aliphatic rings. The number of esters is 1. The van der Waals surface area contributed by atoms with Crippen LogP contribution in [0.25, 0.3) is 0 Å². The molecule has 0 aliphatic heterocycles. The van der Waals surface area contributed by atoms with Crippen molar-refractivity contribution >= 4 is 39.8 Å². The van der Waals surface area contributed by atoms with Gasteiger partial charge < -0.3 is 15.2 Å². The van der Waals surface area contributed by atoms with E-state index in [2.05, 4.69) is 11.7 Å². The van der Waals surface area contributed by atoms with Gasteiger partial charge in [0.05, 0.1) is 0 Å². The minimum absolute atomic E-state index is 0.0706. The summed E-state index contributed by atoms with van der Waals surface area (Å²) in [5.41, 5.74) is 5.25. The van der Waals surface area contributed by atoms with Crippen molar-refractivity contribution < 1.29 is 28.7 Å². The lowest BCUT2D eigenvalue weighted by Gasteiger charge is -2.37. The number of rotatable bonds is 12. The monoisotopic (exact) mass is 421 g/mol. The second-order valence-corrected chi connectivity index (χ2v) is 9.13. The molecule has 0 atom stereocenters. The van der Waals surface area contributed by atoms with Crippen molar-refractivity contribution in [3.05, 3.63) is 0 Å². The van der Waals surface area contributed by atoms with E-state index in [1.807, 2.05) is 0 Å². The van der Waals surface area contributed by atoms with Crippen molar-refractivity contribution in [2.24, 2.45) is 11.1 Å². The van der Waals surface area contributed by atoms with Crippen LogP contribution in [0.15, 0.2) is 0 Å². The first kappa shape index (κ1) is 25.8. The van der Waals surface area contributed by atoms with E-state index in [9.17, 15) is 9.59 Å². The summed E-state index contributed by atoms with van der Waals surface area (Å²) >= 11 is 0. The number of ether oxygens (including phenoxy) is 2. The molecule has 0 saturated heterocycles. The lowest BCUT2D eigenvalue weighted by atomic mass is 9.68. The smallest absolute Gasteiger partial charge is 0.404 e. The molecule has 0 aromatic heterocycles. The van der Waals surface area contributed by atoms with Gasteiger partial charge in [0.2, 0.25) is 0 Å². The molecule has 27 heavy (non-hydrogen) atoms. The minimum atomic E-state index is -0.742. The third kappa shape index (κ3) is 14.5. The van der Waals surface area contributed by atoms with Gasteiger partial charge in [-0.25, -0.2) is 4.79 Å². The number of primary amides is 1. The number of nitrogens with two attached hydrogens (primary N) is 1. The first-order valence-corrected chi connectivity index (χ1v) is 11.8. The molecule has 2 N–H and O–H groups in total. The molecule has 156 valence electrons. The number of hydrogen-bond acceptors (Lipinski definition) is 8. The van der Waals surface area contributed by atoms with Gasteiger partial charge >= 0.3 is 18.2 Å². The Morgan fingerprint density at radius 3 is 2.07 bits per heavy atom. The van der Waals surface area contributed by atoms with Gasteiger partial charge in [0.25, 0.3) is 0 Å².